The van der Waals surface area contributed by atoms with E-state index in [-0.39, 0.29) is 5.60 Å². The molecule has 64 valence electrons. The highest BCUT2D eigenvalue weighted by molar-refractivity contribution is 4.90. The highest BCUT2D eigenvalue weighted by Gasteiger charge is 2.41. The number of rotatable bonds is 1. The molecule has 0 N–H and O–H groups in total. The zero-order valence-corrected chi connectivity index (χ0v) is 7.14. The largest absolute Gasteiger partial charge is 0.381 e. The van der Waals surface area contributed by atoms with Crippen LogP contribution in [-0.4, -0.2) is 25.4 Å². The van der Waals surface area contributed by atoms with E-state index in [4.69, 9.17) is 9.47 Å². The Morgan fingerprint density at radius 1 is 1.18 bits per heavy atom. The Balaban J connectivity index is 1.91. The standard InChI is InChI=1S/C9H16O2/c1-9(4-7-11-9)8-2-5-10-6-3-8/h8H,2-7H2,1H3. The number of hydrogen-bond acceptors (Lipinski definition) is 2. The van der Waals surface area contributed by atoms with E-state index in [9.17, 15) is 0 Å². The van der Waals surface area contributed by atoms with Crippen molar-refractivity contribution in [2.24, 2.45) is 5.92 Å². The Bertz CT molecular complexity index is 134. The summed E-state index contributed by atoms with van der Waals surface area (Å²) < 4.78 is 10.9. The summed E-state index contributed by atoms with van der Waals surface area (Å²) in [4.78, 5) is 0. The molecule has 0 amide bonds. The molecule has 2 rings (SSSR count). The van der Waals surface area contributed by atoms with E-state index in [1.807, 2.05) is 0 Å². The van der Waals surface area contributed by atoms with Crippen molar-refractivity contribution in [3.63, 3.8) is 0 Å². The summed E-state index contributed by atoms with van der Waals surface area (Å²) >= 11 is 0. The zero-order valence-electron chi connectivity index (χ0n) is 7.14. The molecule has 0 aromatic rings. The summed E-state index contributed by atoms with van der Waals surface area (Å²) in [6, 6.07) is 0. The Morgan fingerprint density at radius 2 is 1.82 bits per heavy atom. The first kappa shape index (κ1) is 7.56. The van der Waals surface area contributed by atoms with Crippen LogP contribution in [0.25, 0.3) is 0 Å². The predicted molar refractivity (Wildman–Crippen MR) is 42.5 cm³/mol. The molecule has 2 heterocycles. The topological polar surface area (TPSA) is 18.5 Å². The molecule has 1 atom stereocenters. The zero-order chi connectivity index (χ0) is 7.73. The lowest BCUT2D eigenvalue weighted by Gasteiger charge is -2.46. The molecule has 11 heavy (non-hydrogen) atoms. The molecule has 2 saturated heterocycles. The maximum absolute atomic E-state index is 5.60. The molecule has 2 nitrogen and oxygen atoms in total. The van der Waals surface area contributed by atoms with Crippen LogP contribution in [0.5, 0.6) is 0 Å². The molecule has 0 spiro atoms. The van der Waals surface area contributed by atoms with E-state index in [1.165, 1.54) is 19.3 Å². The van der Waals surface area contributed by atoms with Crippen molar-refractivity contribution in [1.29, 1.82) is 0 Å². The number of hydrogen-bond donors (Lipinski definition) is 0. The summed E-state index contributed by atoms with van der Waals surface area (Å²) in [7, 11) is 0. The second kappa shape index (κ2) is 2.76. The summed E-state index contributed by atoms with van der Waals surface area (Å²) in [5.74, 6) is 0.755. The van der Waals surface area contributed by atoms with Crippen molar-refractivity contribution in [1.82, 2.24) is 0 Å². The lowest BCUT2D eigenvalue weighted by atomic mass is 9.78. The number of ether oxygens (including phenoxy) is 2. The summed E-state index contributed by atoms with van der Waals surface area (Å²) in [6.45, 7) is 5.08. The monoisotopic (exact) mass is 156 g/mol. The van der Waals surface area contributed by atoms with Gasteiger partial charge in [-0.2, -0.15) is 0 Å². The van der Waals surface area contributed by atoms with Gasteiger partial charge in [0.15, 0.2) is 0 Å². The van der Waals surface area contributed by atoms with E-state index in [0.717, 1.165) is 25.7 Å². The minimum absolute atomic E-state index is 0.212. The first-order chi connectivity index (χ1) is 5.31. The third-order valence-electron chi connectivity index (χ3n) is 3.12. The fraction of sp³-hybridized carbons (Fsp3) is 1.00. The fourth-order valence-corrected chi connectivity index (χ4v) is 2.05. The van der Waals surface area contributed by atoms with Crippen LogP contribution in [0.1, 0.15) is 26.2 Å². The molecule has 2 aliphatic rings. The van der Waals surface area contributed by atoms with Crippen molar-refractivity contribution in [3.05, 3.63) is 0 Å². The van der Waals surface area contributed by atoms with E-state index >= 15 is 0 Å². The highest BCUT2D eigenvalue weighted by atomic mass is 16.5. The lowest BCUT2D eigenvalue weighted by molar-refractivity contribution is -0.183. The summed E-state index contributed by atoms with van der Waals surface area (Å²) in [5, 5.41) is 0. The van der Waals surface area contributed by atoms with Gasteiger partial charge in [0.2, 0.25) is 0 Å². The fourth-order valence-electron chi connectivity index (χ4n) is 2.05. The van der Waals surface area contributed by atoms with Gasteiger partial charge in [0.1, 0.15) is 0 Å². The van der Waals surface area contributed by atoms with E-state index in [2.05, 4.69) is 6.92 Å². The molecular weight excluding hydrogens is 140 g/mol. The Kier molecular flexibility index (Phi) is 1.90. The molecule has 2 fully saturated rings. The quantitative estimate of drug-likeness (QED) is 0.574. The van der Waals surface area contributed by atoms with Gasteiger partial charge < -0.3 is 9.47 Å². The molecule has 0 aliphatic carbocycles. The first-order valence-corrected chi connectivity index (χ1v) is 4.53. The SMILES string of the molecule is CC1(C2CCOCC2)CCO1. The van der Waals surface area contributed by atoms with Crippen LogP contribution in [0.2, 0.25) is 0 Å². The molecule has 0 aromatic heterocycles. The van der Waals surface area contributed by atoms with E-state index in [0.29, 0.717) is 0 Å². The van der Waals surface area contributed by atoms with Gasteiger partial charge in [-0.15, -0.1) is 0 Å². The molecule has 2 heteroatoms. The average molecular weight is 156 g/mol. The second-order valence-corrected chi connectivity index (χ2v) is 3.80. The van der Waals surface area contributed by atoms with Crippen LogP contribution in [0.3, 0.4) is 0 Å². The second-order valence-electron chi connectivity index (χ2n) is 3.80. The molecule has 0 aromatic carbocycles. The van der Waals surface area contributed by atoms with Gasteiger partial charge in [0, 0.05) is 13.2 Å². The smallest absolute Gasteiger partial charge is 0.0706 e. The van der Waals surface area contributed by atoms with E-state index in [1.54, 1.807) is 0 Å². The van der Waals surface area contributed by atoms with Crippen molar-refractivity contribution < 1.29 is 9.47 Å². The normalized spacial score (nSPS) is 40.1. The van der Waals surface area contributed by atoms with Crippen LogP contribution in [0.4, 0.5) is 0 Å². The first-order valence-electron chi connectivity index (χ1n) is 4.53. The van der Waals surface area contributed by atoms with Crippen molar-refractivity contribution >= 4 is 0 Å². The maximum atomic E-state index is 5.60. The van der Waals surface area contributed by atoms with Crippen LogP contribution in [-0.2, 0) is 9.47 Å². The molecule has 1 unspecified atom stereocenters. The summed E-state index contributed by atoms with van der Waals surface area (Å²) in [5.41, 5.74) is 0.212. The minimum atomic E-state index is 0.212. The van der Waals surface area contributed by atoms with Crippen LogP contribution in [0, 0.1) is 5.92 Å². The third kappa shape index (κ3) is 1.30. The maximum Gasteiger partial charge on any atom is 0.0706 e. The predicted octanol–water partition coefficient (Wildman–Crippen LogP) is 1.59. The van der Waals surface area contributed by atoms with Crippen LogP contribution < -0.4 is 0 Å². The Hall–Kier alpha value is -0.0800. The Labute approximate surface area is 67.9 Å². The third-order valence-corrected chi connectivity index (χ3v) is 3.12. The highest BCUT2D eigenvalue weighted by Crippen LogP contribution is 2.38. The molecular formula is C9H16O2. The molecule has 0 saturated carbocycles. The van der Waals surface area contributed by atoms with Gasteiger partial charge in [-0.1, -0.05) is 0 Å². The molecule has 2 aliphatic heterocycles. The lowest BCUT2D eigenvalue weighted by Crippen LogP contribution is -2.49. The average Bonchev–Trinajstić information content (AvgIpc) is 2.02. The van der Waals surface area contributed by atoms with E-state index < -0.39 is 0 Å². The van der Waals surface area contributed by atoms with Crippen LogP contribution in [0.15, 0.2) is 0 Å². The van der Waals surface area contributed by atoms with Gasteiger partial charge in [-0.25, -0.2) is 0 Å². The van der Waals surface area contributed by atoms with Crippen molar-refractivity contribution in [3.8, 4) is 0 Å². The van der Waals surface area contributed by atoms with Crippen LogP contribution >= 0.6 is 0 Å². The van der Waals surface area contributed by atoms with Gasteiger partial charge in [-0.05, 0) is 32.1 Å². The molecule has 0 radical (unpaired) electrons. The van der Waals surface area contributed by atoms with Gasteiger partial charge in [0.25, 0.3) is 0 Å². The Morgan fingerprint density at radius 3 is 2.27 bits per heavy atom. The molecule has 0 bridgehead atoms. The van der Waals surface area contributed by atoms with Gasteiger partial charge >= 0.3 is 0 Å². The van der Waals surface area contributed by atoms with Crippen molar-refractivity contribution in [2.75, 3.05) is 19.8 Å². The minimum Gasteiger partial charge on any atom is -0.381 e. The van der Waals surface area contributed by atoms with Crippen molar-refractivity contribution in [2.45, 2.75) is 31.8 Å². The van der Waals surface area contributed by atoms with Gasteiger partial charge in [-0.3, -0.25) is 0 Å². The summed E-state index contributed by atoms with van der Waals surface area (Å²) in [6.07, 6.45) is 3.63. The van der Waals surface area contributed by atoms with Gasteiger partial charge in [0.05, 0.1) is 12.2 Å².